The molecule has 110 valence electrons. The number of carbonyl (C=O) groups excluding carboxylic acids is 1. The fraction of sp³-hybridized carbons (Fsp3) is 0.188. The van der Waals surface area contributed by atoms with Gasteiger partial charge < -0.3 is 15.8 Å². The van der Waals surface area contributed by atoms with Gasteiger partial charge in [0, 0.05) is 17.9 Å². The predicted octanol–water partition coefficient (Wildman–Crippen LogP) is 3.12. The molecule has 21 heavy (non-hydrogen) atoms. The first-order valence-electron chi connectivity index (χ1n) is 6.48. The van der Waals surface area contributed by atoms with Gasteiger partial charge in [0.05, 0.1) is 12.7 Å². The summed E-state index contributed by atoms with van der Waals surface area (Å²) in [7, 11) is 1.32. The quantitative estimate of drug-likeness (QED) is 0.670. The van der Waals surface area contributed by atoms with Gasteiger partial charge in [0.25, 0.3) is 0 Å². The first-order chi connectivity index (χ1) is 10.0. The summed E-state index contributed by atoms with van der Waals surface area (Å²) >= 11 is 0. The fourth-order valence-electron chi connectivity index (χ4n) is 1.99. The van der Waals surface area contributed by atoms with E-state index >= 15 is 0 Å². The van der Waals surface area contributed by atoms with Crippen molar-refractivity contribution in [2.24, 2.45) is 0 Å². The van der Waals surface area contributed by atoms with Crippen LogP contribution in [0.1, 0.15) is 21.5 Å². The molecule has 0 atom stereocenters. The zero-order chi connectivity index (χ0) is 15.4. The van der Waals surface area contributed by atoms with E-state index in [0.29, 0.717) is 17.8 Å². The zero-order valence-corrected chi connectivity index (χ0v) is 11.9. The van der Waals surface area contributed by atoms with E-state index in [-0.39, 0.29) is 5.82 Å². The standard InChI is InChI=1S/C16H17FN2O2/c1-10-7-13(8-14(15(10)18)16(20)21-2)19-9-11-3-5-12(17)6-4-11/h3-8,19H,9,18H2,1-2H3. The van der Waals surface area contributed by atoms with Crippen LogP contribution in [0.15, 0.2) is 36.4 Å². The average molecular weight is 288 g/mol. The highest BCUT2D eigenvalue weighted by Crippen LogP contribution is 2.24. The first kappa shape index (κ1) is 14.8. The van der Waals surface area contributed by atoms with Crippen LogP contribution in [0, 0.1) is 12.7 Å². The number of aryl methyl sites for hydroxylation is 1. The van der Waals surface area contributed by atoms with Crippen LogP contribution in [0.2, 0.25) is 0 Å². The SMILES string of the molecule is COC(=O)c1cc(NCc2ccc(F)cc2)cc(C)c1N. The number of methoxy groups -OCH3 is 1. The van der Waals surface area contributed by atoms with Crippen LogP contribution in [-0.2, 0) is 11.3 Å². The Morgan fingerprint density at radius 3 is 2.57 bits per heavy atom. The molecule has 0 aliphatic rings. The molecule has 0 bridgehead atoms. The molecule has 0 spiro atoms. The van der Waals surface area contributed by atoms with E-state index in [0.717, 1.165) is 16.8 Å². The Morgan fingerprint density at radius 2 is 1.95 bits per heavy atom. The number of ether oxygens (including phenoxy) is 1. The molecule has 0 aliphatic carbocycles. The molecular formula is C16H17FN2O2. The van der Waals surface area contributed by atoms with E-state index in [1.165, 1.54) is 19.2 Å². The van der Waals surface area contributed by atoms with Gasteiger partial charge in [-0.15, -0.1) is 0 Å². The largest absolute Gasteiger partial charge is 0.465 e. The van der Waals surface area contributed by atoms with Crippen LogP contribution >= 0.6 is 0 Å². The Balaban J connectivity index is 2.18. The maximum Gasteiger partial charge on any atom is 0.340 e. The van der Waals surface area contributed by atoms with E-state index in [2.05, 4.69) is 5.32 Å². The smallest absolute Gasteiger partial charge is 0.340 e. The summed E-state index contributed by atoms with van der Waals surface area (Å²) in [5.74, 6) is -0.740. The molecule has 0 heterocycles. The third-order valence-corrected chi connectivity index (χ3v) is 3.20. The second-order valence-electron chi connectivity index (χ2n) is 4.73. The molecule has 0 aromatic heterocycles. The first-order valence-corrected chi connectivity index (χ1v) is 6.48. The van der Waals surface area contributed by atoms with Crippen LogP contribution < -0.4 is 11.1 Å². The van der Waals surface area contributed by atoms with Gasteiger partial charge in [-0.3, -0.25) is 0 Å². The second kappa shape index (κ2) is 6.26. The summed E-state index contributed by atoms with van der Waals surface area (Å²) in [6, 6.07) is 9.72. The van der Waals surface area contributed by atoms with Gasteiger partial charge >= 0.3 is 5.97 Å². The van der Waals surface area contributed by atoms with Crippen molar-refractivity contribution in [2.45, 2.75) is 13.5 Å². The molecular weight excluding hydrogens is 271 g/mol. The van der Waals surface area contributed by atoms with Crippen LogP contribution in [0.4, 0.5) is 15.8 Å². The van der Waals surface area contributed by atoms with Crippen LogP contribution in [-0.4, -0.2) is 13.1 Å². The number of esters is 1. The van der Waals surface area contributed by atoms with Crippen molar-refractivity contribution in [3.05, 3.63) is 58.9 Å². The molecule has 0 amide bonds. The number of anilines is 2. The summed E-state index contributed by atoms with van der Waals surface area (Å²) < 4.78 is 17.6. The van der Waals surface area contributed by atoms with Crippen molar-refractivity contribution < 1.29 is 13.9 Å². The van der Waals surface area contributed by atoms with Crippen molar-refractivity contribution >= 4 is 17.3 Å². The van der Waals surface area contributed by atoms with Gasteiger partial charge in [-0.25, -0.2) is 9.18 Å². The molecule has 0 radical (unpaired) electrons. The van der Waals surface area contributed by atoms with E-state index in [1.54, 1.807) is 18.2 Å². The minimum Gasteiger partial charge on any atom is -0.465 e. The summed E-state index contributed by atoms with van der Waals surface area (Å²) in [5, 5.41) is 3.18. The van der Waals surface area contributed by atoms with Crippen LogP contribution in [0.3, 0.4) is 0 Å². The van der Waals surface area contributed by atoms with Gasteiger partial charge in [0.15, 0.2) is 0 Å². The van der Waals surface area contributed by atoms with Crippen LogP contribution in [0.25, 0.3) is 0 Å². The average Bonchev–Trinajstić information content (AvgIpc) is 2.49. The Bertz CT molecular complexity index is 654. The van der Waals surface area contributed by atoms with E-state index < -0.39 is 5.97 Å². The molecule has 5 heteroatoms. The number of rotatable bonds is 4. The summed E-state index contributed by atoms with van der Waals surface area (Å²) in [6.07, 6.45) is 0. The van der Waals surface area contributed by atoms with Gasteiger partial charge in [0.1, 0.15) is 5.82 Å². The number of nitrogen functional groups attached to an aromatic ring is 1. The number of benzene rings is 2. The van der Waals surface area contributed by atoms with Crippen LogP contribution in [0.5, 0.6) is 0 Å². The number of halogens is 1. The molecule has 2 aromatic carbocycles. The molecule has 3 N–H and O–H groups in total. The molecule has 4 nitrogen and oxygen atoms in total. The molecule has 2 rings (SSSR count). The van der Waals surface area contributed by atoms with Crippen molar-refractivity contribution in [3.8, 4) is 0 Å². The number of nitrogens with two attached hydrogens (primary N) is 1. The monoisotopic (exact) mass is 288 g/mol. The molecule has 0 saturated carbocycles. The molecule has 0 aliphatic heterocycles. The van der Waals surface area contributed by atoms with Crippen molar-refractivity contribution in [2.75, 3.05) is 18.2 Å². The Labute approximate surface area is 122 Å². The van der Waals surface area contributed by atoms with E-state index in [4.69, 9.17) is 10.5 Å². The lowest BCUT2D eigenvalue weighted by atomic mass is 10.1. The van der Waals surface area contributed by atoms with E-state index in [1.807, 2.05) is 13.0 Å². The topological polar surface area (TPSA) is 64.3 Å². The maximum absolute atomic E-state index is 12.8. The Hall–Kier alpha value is -2.56. The summed E-state index contributed by atoms with van der Waals surface area (Å²) in [4.78, 5) is 11.7. The Kier molecular flexibility index (Phi) is 4.42. The van der Waals surface area contributed by atoms with Crippen molar-refractivity contribution in [3.63, 3.8) is 0 Å². The minimum atomic E-state index is -0.471. The number of hydrogen-bond acceptors (Lipinski definition) is 4. The lowest BCUT2D eigenvalue weighted by Gasteiger charge is -2.12. The number of nitrogens with one attached hydrogen (secondary N) is 1. The maximum atomic E-state index is 12.8. The molecule has 0 unspecified atom stereocenters. The zero-order valence-electron chi connectivity index (χ0n) is 11.9. The lowest BCUT2D eigenvalue weighted by Crippen LogP contribution is -2.09. The summed E-state index contributed by atoms with van der Waals surface area (Å²) in [6.45, 7) is 2.34. The van der Waals surface area contributed by atoms with Gasteiger partial charge in [-0.1, -0.05) is 12.1 Å². The Morgan fingerprint density at radius 1 is 1.29 bits per heavy atom. The van der Waals surface area contributed by atoms with Gasteiger partial charge in [0.2, 0.25) is 0 Å². The molecule has 0 fully saturated rings. The molecule has 0 saturated heterocycles. The number of carbonyl (C=O) groups is 1. The van der Waals surface area contributed by atoms with Gasteiger partial charge in [-0.05, 0) is 42.3 Å². The second-order valence-corrected chi connectivity index (χ2v) is 4.73. The minimum absolute atomic E-state index is 0.268. The van der Waals surface area contributed by atoms with E-state index in [9.17, 15) is 9.18 Å². The highest BCUT2D eigenvalue weighted by molar-refractivity contribution is 5.97. The lowest BCUT2D eigenvalue weighted by molar-refractivity contribution is 0.0602. The normalized spacial score (nSPS) is 10.2. The highest BCUT2D eigenvalue weighted by Gasteiger charge is 2.13. The number of hydrogen-bond donors (Lipinski definition) is 2. The van der Waals surface area contributed by atoms with Crippen molar-refractivity contribution in [1.29, 1.82) is 0 Å². The third-order valence-electron chi connectivity index (χ3n) is 3.20. The fourth-order valence-corrected chi connectivity index (χ4v) is 1.99. The highest BCUT2D eigenvalue weighted by atomic mass is 19.1. The predicted molar refractivity (Wildman–Crippen MR) is 80.7 cm³/mol. The van der Waals surface area contributed by atoms with Gasteiger partial charge in [-0.2, -0.15) is 0 Å². The third kappa shape index (κ3) is 3.51. The molecule has 2 aromatic rings. The summed E-state index contributed by atoms with van der Waals surface area (Å²) in [5.41, 5.74) is 9.11. The van der Waals surface area contributed by atoms with Crippen molar-refractivity contribution in [1.82, 2.24) is 0 Å².